The molecule has 2 aromatic heterocycles. The first-order chi connectivity index (χ1) is 15.4. The fourth-order valence-corrected chi connectivity index (χ4v) is 3.79. The number of ether oxygens (including phenoxy) is 1. The predicted molar refractivity (Wildman–Crippen MR) is 126 cm³/mol. The molecule has 4 rings (SSSR count). The highest BCUT2D eigenvalue weighted by Crippen LogP contribution is 2.27. The van der Waals surface area contributed by atoms with Crippen molar-refractivity contribution in [2.45, 2.75) is 13.7 Å². The van der Waals surface area contributed by atoms with Crippen molar-refractivity contribution in [1.29, 1.82) is 0 Å². The van der Waals surface area contributed by atoms with Crippen LogP contribution in [-0.4, -0.2) is 48.4 Å². The number of benzene rings is 1. The first-order valence-corrected chi connectivity index (χ1v) is 11.0. The van der Waals surface area contributed by atoms with E-state index in [9.17, 15) is 9.59 Å². The predicted octanol–water partition coefficient (Wildman–Crippen LogP) is 2.88. The summed E-state index contributed by atoms with van der Waals surface area (Å²) in [5.41, 5.74) is 3.02. The molecular weight excluding hydrogens is 423 g/mol. The summed E-state index contributed by atoms with van der Waals surface area (Å²) in [6.45, 7) is 5.15. The van der Waals surface area contributed by atoms with Crippen molar-refractivity contribution in [3.63, 3.8) is 0 Å². The summed E-state index contributed by atoms with van der Waals surface area (Å²) < 4.78 is 7.01. The lowest BCUT2D eigenvalue weighted by Crippen LogP contribution is -2.38. The number of aromatic nitrogens is 2. The van der Waals surface area contributed by atoms with E-state index in [1.807, 2.05) is 43.9 Å². The van der Waals surface area contributed by atoms with Crippen LogP contribution in [0.25, 0.3) is 11.3 Å². The summed E-state index contributed by atoms with van der Waals surface area (Å²) in [7, 11) is 1.83. The summed E-state index contributed by atoms with van der Waals surface area (Å²) in [6, 6.07) is 9.54. The van der Waals surface area contributed by atoms with Crippen molar-refractivity contribution >= 4 is 35.7 Å². The molecule has 1 saturated heterocycles. The number of hydrogen-bond acceptors (Lipinski definition) is 5. The van der Waals surface area contributed by atoms with E-state index in [1.54, 1.807) is 22.9 Å². The monoisotopic (exact) mass is 445 g/mol. The Morgan fingerprint density at radius 3 is 2.91 bits per heavy atom. The lowest BCUT2D eigenvalue weighted by Gasteiger charge is -2.32. The van der Waals surface area contributed by atoms with E-state index in [2.05, 4.69) is 34.4 Å². The molecule has 0 atom stereocenters. The molecule has 161 valence electrons. The Labute approximate surface area is 191 Å². The van der Waals surface area contributed by atoms with Gasteiger partial charge in [0, 0.05) is 22.7 Å². The highest BCUT2D eigenvalue weighted by molar-refractivity contribution is 7.14. The van der Waals surface area contributed by atoms with Gasteiger partial charge in [0.05, 0.1) is 36.4 Å². The summed E-state index contributed by atoms with van der Waals surface area (Å²) in [4.78, 5) is 28.9. The summed E-state index contributed by atoms with van der Waals surface area (Å²) in [5.74, 6) is 5.85. The number of nitrogens with zero attached hydrogens (tertiary/aromatic N) is 2. The Balaban J connectivity index is 1.34. The molecule has 1 aliphatic heterocycles. The topological polar surface area (TPSA) is 85.3 Å². The zero-order valence-corrected chi connectivity index (χ0v) is 18.7. The SMILES string of the molecule is C[B]n1ccc(C(=O)NCC(=O)Nc2nc(-c3cccc(C#CC4(C)COC4)c3)cs2)c1. The third-order valence-electron chi connectivity index (χ3n) is 4.94. The van der Waals surface area contributed by atoms with Gasteiger partial charge >= 0.3 is 0 Å². The van der Waals surface area contributed by atoms with E-state index in [4.69, 9.17) is 4.74 Å². The van der Waals surface area contributed by atoms with Crippen LogP contribution >= 0.6 is 11.3 Å². The fourth-order valence-electron chi connectivity index (χ4n) is 3.06. The van der Waals surface area contributed by atoms with Gasteiger partial charge in [-0.2, -0.15) is 0 Å². The van der Waals surface area contributed by atoms with Crippen LogP contribution in [-0.2, 0) is 9.53 Å². The zero-order valence-electron chi connectivity index (χ0n) is 17.8. The molecule has 3 heterocycles. The Hall–Kier alpha value is -3.35. The third kappa shape index (κ3) is 5.28. The van der Waals surface area contributed by atoms with Crippen LogP contribution in [0.4, 0.5) is 5.13 Å². The van der Waals surface area contributed by atoms with E-state index >= 15 is 0 Å². The second kappa shape index (κ2) is 9.43. The lowest BCUT2D eigenvalue weighted by molar-refractivity contribution is -0.115. The Bertz CT molecular complexity index is 1200. The van der Waals surface area contributed by atoms with Crippen LogP contribution < -0.4 is 10.6 Å². The number of hydrogen-bond donors (Lipinski definition) is 2. The highest BCUT2D eigenvalue weighted by Gasteiger charge is 2.31. The van der Waals surface area contributed by atoms with Gasteiger partial charge < -0.3 is 19.8 Å². The molecule has 2 N–H and O–H groups in total. The van der Waals surface area contributed by atoms with Gasteiger partial charge in [-0.25, -0.2) is 4.98 Å². The highest BCUT2D eigenvalue weighted by atomic mass is 32.1. The number of rotatable bonds is 6. The molecule has 32 heavy (non-hydrogen) atoms. The van der Waals surface area contributed by atoms with E-state index in [1.165, 1.54) is 11.3 Å². The van der Waals surface area contributed by atoms with Gasteiger partial charge in [-0.1, -0.05) is 30.8 Å². The van der Waals surface area contributed by atoms with E-state index in [0.29, 0.717) is 23.9 Å². The Morgan fingerprint density at radius 2 is 2.19 bits per heavy atom. The van der Waals surface area contributed by atoms with Crippen LogP contribution in [0.2, 0.25) is 6.82 Å². The molecular formula is C23H22BN4O3S. The van der Waals surface area contributed by atoms with Crippen LogP contribution in [0.3, 0.4) is 0 Å². The minimum atomic E-state index is -0.337. The number of nitrogens with one attached hydrogen (secondary N) is 2. The molecule has 0 bridgehead atoms. The molecule has 0 saturated carbocycles. The lowest BCUT2D eigenvalue weighted by atomic mass is 9.89. The van der Waals surface area contributed by atoms with Crippen molar-refractivity contribution in [2.24, 2.45) is 5.41 Å². The number of thiazole rings is 1. The quantitative estimate of drug-likeness (QED) is 0.452. The maximum atomic E-state index is 12.2. The van der Waals surface area contributed by atoms with Crippen molar-refractivity contribution < 1.29 is 14.3 Å². The fraction of sp³-hybridized carbons (Fsp3) is 0.261. The van der Waals surface area contributed by atoms with Crippen molar-refractivity contribution in [1.82, 2.24) is 14.8 Å². The smallest absolute Gasteiger partial charge is 0.253 e. The van der Waals surface area contributed by atoms with Gasteiger partial charge in [0.25, 0.3) is 5.91 Å². The minimum Gasteiger partial charge on any atom is -0.402 e. The summed E-state index contributed by atoms with van der Waals surface area (Å²) in [5, 5.41) is 7.70. The van der Waals surface area contributed by atoms with Gasteiger partial charge in [0.2, 0.25) is 13.3 Å². The van der Waals surface area contributed by atoms with E-state index < -0.39 is 0 Å². The van der Waals surface area contributed by atoms with Crippen molar-refractivity contribution in [3.8, 4) is 23.1 Å². The second-order valence-corrected chi connectivity index (χ2v) is 8.62. The molecule has 3 aromatic rings. The van der Waals surface area contributed by atoms with Gasteiger partial charge in [0.1, 0.15) is 0 Å². The normalized spacial score (nSPS) is 13.9. The number of amides is 2. The van der Waals surface area contributed by atoms with Gasteiger partial charge in [-0.3, -0.25) is 9.59 Å². The van der Waals surface area contributed by atoms with Gasteiger partial charge in [-0.15, -0.1) is 11.3 Å². The Kier molecular flexibility index (Phi) is 6.44. The molecule has 1 aromatic carbocycles. The number of carbonyl (C=O) groups excluding carboxylic acids is 2. The zero-order chi connectivity index (χ0) is 22.6. The largest absolute Gasteiger partial charge is 0.402 e. The number of carbonyl (C=O) groups is 2. The van der Waals surface area contributed by atoms with E-state index in [-0.39, 0.29) is 23.8 Å². The molecule has 1 fully saturated rings. The summed E-state index contributed by atoms with van der Waals surface area (Å²) >= 11 is 1.33. The minimum absolute atomic E-state index is 0.0675. The molecule has 7 nitrogen and oxygen atoms in total. The van der Waals surface area contributed by atoms with Crippen molar-refractivity contribution in [2.75, 3.05) is 25.1 Å². The Morgan fingerprint density at radius 1 is 1.34 bits per heavy atom. The second-order valence-electron chi connectivity index (χ2n) is 7.76. The van der Waals surface area contributed by atoms with Crippen LogP contribution in [0, 0.1) is 17.3 Å². The average molecular weight is 445 g/mol. The van der Waals surface area contributed by atoms with Crippen molar-refractivity contribution in [3.05, 3.63) is 59.2 Å². The molecule has 2 amide bonds. The molecule has 9 heteroatoms. The van der Waals surface area contributed by atoms with Crippen LogP contribution in [0.5, 0.6) is 0 Å². The van der Waals surface area contributed by atoms with Gasteiger partial charge in [0.15, 0.2) is 5.13 Å². The maximum Gasteiger partial charge on any atom is 0.253 e. The average Bonchev–Trinajstić information content (AvgIpc) is 3.45. The van der Waals surface area contributed by atoms with Gasteiger partial charge in [-0.05, 0) is 31.3 Å². The van der Waals surface area contributed by atoms with E-state index in [0.717, 1.165) is 16.8 Å². The molecule has 1 aliphatic rings. The number of anilines is 1. The third-order valence-corrected chi connectivity index (χ3v) is 5.70. The maximum absolute atomic E-state index is 12.2. The van der Waals surface area contributed by atoms with Crippen LogP contribution in [0.15, 0.2) is 48.1 Å². The summed E-state index contributed by atoms with van der Waals surface area (Å²) in [6.07, 6.45) is 3.47. The first-order valence-electron chi connectivity index (χ1n) is 10.2. The standard InChI is InChI=1S/C23H22BN4O3S/c1-23(14-31-15-23)8-6-16-4-3-5-17(10-16)19-13-32-22(26-19)27-20(29)11-25-21(30)18-7-9-28(12-18)24-2/h3-5,7,9-10,12-13H,11,14-15H2,1-2H3,(H,25,30)(H,26,27,29). The molecule has 1 radical (unpaired) electrons. The molecule has 0 aliphatic carbocycles. The molecule has 0 unspecified atom stereocenters. The molecule has 0 spiro atoms. The van der Waals surface area contributed by atoms with Crippen LogP contribution in [0.1, 0.15) is 22.8 Å². The first kappa shape index (κ1) is 21.9.